The van der Waals surface area contributed by atoms with Crippen molar-refractivity contribution in [3.8, 4) is 5.95 Å². The van der Waals surface area contributed by atoms with Crippen LogP contribution in [0.15, 0.2) is 12.4 Å². The van der Waals surface area contributed by atoms with Crippen LogP contribution in [0.1, 0.15) is 0 Å². The summed E-state index contributed by atoms with van der Waals surface area (Å²) in [6.07, 6.45) is 1.44. The van der Waals surface area contributed by atoms with E-state index in [0.717, 1.165) is 0 Å². The number of rotatable bonds is 1. The molecule has 0 amide bonds. The normalized spacial score (nSPS) is 10.3. The van der Waals surface area contributed by atoms with E-state index < -0.39 is 0 Å². The summed E-state index contributed by atoms with van der Waals surface area (Å²) in [5, 5.41) is 10.2. The third-order valence-corrected chi connectivity index (χ3v) is 1.35. The number of hydrogen-bond acceptors (Lipinski definition) is 5. The highest BCUT2D eigenvalue weighted by molar-refractivity contribution is 5.45. The van der Waals surface area contributed by atoms with Gasteiger partial charge >= 0.3 is 0 Å². The van der Waals surface area contributed by atoms with Crippen molar-refractivity contribution < 1.29 is 0 Å². The van der Waals surface area contributed by atoms with Crippen LogP contribution in [0.25, 0.3) is 5.95 Å². The molecule has 7 heteroatoms. The highest BCUT2D eigenvalue weighted by atomic mass is 15.4. The maximum absolute atomic E-state index is 5.56. The van der Waals surface area contributed by atoms with Crippen LogP contribution in [0.4, 0.5) is 11.6 Å². The van der Waals surface area contributed by atoms with Crippen molar-refractivity contribution >= 4 is 11.6 Å². The maximum atomic E-state index is 5.56. The maximum Gasteiger partial charge on any atom is 0.271 e. The first-order valence-electron chi connectivity index (χ1n) is 3.24. The van der Waals surface area contributed by atoms with Gasteiger partial charge in [0.25, 0.3) is 5.95 Å². The van der Waals surface area contributed by atoms with Crippen LogP contribution in [-0.4, -0.2) is 25.0 Å². The Morgan fingerprint density at radius 3 is 2.75 bits per heavy atom. The van der Waals surface area contributed by atoms with E-state index in [1.54, 1.807) is 0 Å². The summed E-state index contributed by atoms with van der Waals surface area (Å²) in [5.41, 5.74) is 11.0. The van der Waals surface area contributed by atoms with Crippen LogP contribution in [0.3, 0.4) is 0 Å². The van der Waals surface area contributed by atoms with E-state index in [2.05, 4.69) is 20.3 Å². The quantitative estimate of drug-likeness (QED) is 0.509. The Morgan fingerprint density at radius 1 is 1.42 bits per heavy atom. The molecule has 0 saturated heterocycles. The first kappa shape index (κ1) is 6.65. The monoisotopic (exact) mass is 165 g/mol. The molecule has 62 valence electrons. The van der Waals surface area contributed by atoms with Gasteiger partial charge in [0.2, 0.25) is 0 Å². The molecule has 2 aromatic heterocycles. The lowest BCUT2D eigenvalue weighted by atomic mass is 10.6. The van der Waals surface area contributed by atoms with E-state index in [1.165, 1.54) is 17.1 Å². The van der Waals surface area contributed by atoms with Crippen LogP contribution in [-0.2, 0) is 0 Å². The Bertz CT molecular complexity index is 372. The van der Waals surface area contributed by atoms with E-state index in [0.29, 0.717) is 17.6 Å². The number of nitrogen functional groups attached to an aromatic ring is 2. The van der Waals surface area contributed by atoms with Gasteiger partial charge in [-0.25, -0.2) is 0 Å². The molecule has 0 saturated carbocycles. The Balaban J connectivity index is 2.54. The minimum absolute atomic E-state index is 0.345. The van der Waals surface area contributed by atoms with Crippen molar-refractivity contribution in [2.24, 2.45) is 0 Å². The van der Waals surface area contributed by atoms with Crippen molar-refractivity contribution in [3.63, 3.8) is 0 Å². The second-order valence-electron chi connectivity index (χ2n) is 2.20. The van der Waals surface area contributed by atoms with Crippen molar-refractivity contribution in [1.29, 1.82) is 0 Å². The van der Waals surface area contributed by atoms with E-state index in [-0.39, 0.29) is 0 Å². The molecular weight excluding hydrogens is 158 g/mol. The molecule has 7 nitrogen and oxygen atoms in total. The number of anilines is 2. The summed E-state index contributed by atoms with van der Waals surface area (Å²) in [6.45, 7) is 0. The lowest BCUT2D eigenvalue weighted by molar-refractivity contribution is 0.827. The van der Waals surface area contributed by atoms with Crippen molar-refractivity contribution in [2.45, 2.75) is 0 Å². The summed E-state index contributed by atoms with van der Waals surface area (Å²) < 4.78 is 1.35. The summed E-state index contributed by atoms with van der Waals surface area (Å²) in [6, 6.07) is 1.54. The number of aromatic nitrogens is 5. The fraction of sp³-hybridized carbons (Fsp3) is 0. The summed E-state index contributed by atoms with van der Waals surface area (Å²) in [7, 11) is 0. The molecule has 5 N–H and O–H groups in total. The zero-order valence-corrected chi connectivity index (χ0v) is 6.10. The number of H-pyrrole nitrogens is 1. The molecule has 0 aliphatic heterocycles. The molecule has 0 atom stereocenters. The standard InChI is InChI=1S/C5H7N7/c6-3-1-4(7)12(11-3)5-8-2-9-10-5/h1-2H,7H2,(H2,6,11)(H,8,9,10). The molecule has 0 aliphatic carbocycles. The fourth-order valence-electron chi connectivity index (χ4n) is 0.879. The molecule has 0 bridgehead atoms. The number of hydrogen-bond donors (Lipinski definition) is 3. The van der Waals surface area contributed by atoms with Crippen LogP contribution in [0.5, 0.6) is 0 Å². The molecule has 0 unspecified atom stereocenters. The Hall–Kier alpha value is -2.05. The van der Waals surface area contributed by atoms with Gasteiger partial charge in [-0.15, -0.1) is 10.2 Å². The van der Waals surface area contributed by atoms with Crippen LogP contribution < -0.4 is 11.5 Å². The fourth-order valence-corrected chi connectivity index (χ4v) is 0.879. The second-order valence-corrected chi connectivity index (χ2v) is 2.20. The molecule has 0 aromatic carbocycles. The predicted octanol–water partition coefficient (Wildman–Crippen LogP) is -0.845. The van der Waals surface area contributed by atoms with Crippen LogP contribution in [0.2, 0.25) is 0 Å². The highest BCUT2D eigenvalue weighted by Crippen LogP contribution is 2.10. The topological polar surface area (TPSA) is 111 Å². The van der Waals surface area contributed by atoms with Crippen molar-refractivity contribution in [1.82, 2.24) is 25.0 Å². The first-order valence-corrected chi connectivity index (χ1v) is 3.24. The van der Waals surface area contributed by atoms with Gasteiger partial charge in [-0.1, -0.05) is 0 Å². The molecule has 2 heterocycles. The van der Waals surface area contributed by atoms with Crippen molar-refractivity contribution in [2.75, 3.05) is 11.5 Å². The van der Waals surface area contributed by atoms with Gasteiger partial charge in [0.1, 0.15) is 18.0 Å². The number of nitrogens with one attached hydrogen (secondary N) is 1. The number of aromatic amines is 1. The first-order chi connectivity index (χ1) is 5.77. The second kappa shape index (κ2) is 2.22. The smallest absolute Gasteiger partial charge is 0.271 e. The molecule has 2 aromatic rings. The van der Waals surface area contributed by atoms with Gasteiger partial charge in [-0.05, 0) is 0 Å². The summed E-state index contributed by atoms with van der Waals surface area (Å²) >= 11 is 0. The Morgan fingerprint density at radius 2 is 2.25 bits per heavy atom. The Kier molecular flexibility index (Phi) is 1.23. The summed E-state index contributed by atoms with van der Waals surface area (Å²) in [5.74, 6) is 1.13. The Labute approximate surface area is 67.4 Å². The van der Waals surface area contributed by atoms with Crippen LogP contribution in [0, 0.1) is 0 Å². The lowest BCUT2D eigenvalue weighted by Crippen LogP contribution is -2.03. The van der Waals surface area contributed by atoms with E-state index in [4.69, 9.17) is 11.5 Å². The number of nitrogens with zero attached hydrogens (tertiary/aromatic N) is 4. The van der Waals surface area contributed by atoms with Gasteiger partial charge in [-0.2, -0.15) is 9.67 Å². The molecule has 0 spiro atoms. The van der Waals surface area contributed by atoms with Gasteiger partial charge in [0.05, 0.1) is 0 Å². The van der Waals surface area contributed by atoms with Crippen molar-refractivity contribution in [3.05, 3.63) is 12.4 Å². The molecular formula is C5H7N7. The van der Waals surface area contributed by atoms with Gasteiger partial charge in [-0.3, -0.25) is 5.10 Å². The summed E-state index contributed by atoms with van der Waals surface area (Å²) in [4.78, 5) is 3.86. The minimum Gasteiger partial charge on any atom is -0.383 e. The van der Waals surface area contributed by atoms with E-state index in [1.807, 2.05) is 0 Å². The molecule has 0 aliphatic rings. The zero-order chi connectivity index (χ0) is 8.55. The lowest BCUT2D eigenvalue weighted by Gasteiger charge is -1.94. The molecule has 0 fully saturated rings. The number of nitrogens with two attached hydrogens (primary N) is 2. The third-order valence-electron chi connectivity index (χ3n) is 1.35. The predicted molar refractivity (Wildman–Crippen MR) is 42.3 cm³/mol. The highest BCUT2D eigenvalue weighted by Gasteiger charge is 2.06. The zero-order valence-electron chi connectivity index (χ0n) is 6.10. The largest absolute Gasteiger partial charge is 0.383 e. The molecule has 12 heavy (non-hydrogen) atoms. The van der Waals surface area contributed by atoms with Crippen LogP contribution >= 0.6 is 0 Å². The van der Waals surface area contributed by atoms with Gasteiger partial charge in [0, 0.05) is 6.07 Å². The van der Waals surface area contributed by atoms with E-state index in [9.17, 15) is 0 Å². The van der Waals surface area contributed by atoms with Gasteiger partial charge < -0.3 is 11.5 Å². The molecule has 2 rings (SSSR count). The minimum atomic E-state index is 0.345. The SMILES string of the molecule is Nc1cc(N)n(-c2nc[nH]n2)n1. The average Bonchev–Trinajstić information content (AvgIpc) is 2.58. The van der Waals surface area contributed by atoms with E-state index >= 15 is 0 Å². The third kappa shape index (κ3) is 0.875. The molecule has 0 radical (unpaired) electrons. The average molecular weight is 165 g/mol. The van der Waals surface area contributed by atoms with Gasteiger partial charge in [0.15, 0.2) is 0 Å².